The Morgan fingerprint density at radius 1 is 1.25 bits per heavy atom. The van der Waals surface area contributed by atoms with Gasteiger partial charge in [0.25, 0.3) is 0 Å². The minimum Gasteiger partial charge on any atom is -0.413 e. The number of benzene rings is 1. The first-order chi connectivity index (χ1) is 8.99. The number of sulfone groups is 1. The van der Waals surface area contributed by atoms with Gasteiger partial charge in [0.2, 0.25) is 0 Å². The van der Waals surface area contributed by atoms with Crippen molar-refractivity contribution in [3.8, 4) is 0 Å². The smallest absolute Gasteiger partial charge is 0.171 e. The van der Waals surface area contributed by atoms with Crippen LogP contribution in [-0.4, -0.2) is 23.7 Å². The van der Waals surface area contributed by atoms with E-state index >= 15 is 0 Å². The van der Waals surface area contributed by atoms with Gasteiger partial charge in [-0.2, -0.15) is 0 Å². The molecule has 1 rings (SSSR count). The third kappa shape index (κ3) is 5.77. The van der Waals surface area contributed by atoms with Crippen LogP contribution in [0.15, 0.2) is 24.3 Å². The molecular weight excluding hydrogens is 288 g/mol. The zero-order valence-corrected chi connectivity index (χ0v) is 15.3. The highest BCUT2D eigenvalue weighted by atomic mass is 32.2. The Balaban J connectivity index is 3.12. The molecule has 114 valence electrons. The summed E-state index contributed by atoms with van der Waals surface area (Å²) in [6.45, 7) is 10.8. The van der Waals surface area contributed by atoms with Crippen molar-refractivity contribution in [1.29, 1.82) is 0 Å². The van der Waals surface area contributed by atoms with Gasteiger partial charge in [-0.1, -0.05) is 45.0 Å². The molecule has 0 amide bonds. The van der Waals surface area contributed by atoms with Crippen LogP contribution in [0.25, 0.3) is 0 Å². The summed E-state index contributed by atoms with van der Waals surface area (Å²) in [4.78, 5) is 0. The van der Waals surface area contributed by atoms with Crippen molar-refractivity contribution < 1.29 is 12.8 Å². The summed E-state index contributed by atoms with van der Waals surface area (Å²) in [5, 5.41) is 0. The lowest BCUT2D eigenvalue weighted by Crippen LogP contribution is -2.26. The second-order valence-corrected chi connectivity index (χ2v) is 11.3. The molecule has 0 aliphatic rings. The third-order valence-electron chi connectivity index (χ3n) is 2.88. The van der Waals surface area contributed by atoms with Crippen LogP contribution in [0.5, 0.6) is 0 Å². The van der Waals surface area contributed by atoms with Gasteiger partial charge in [0.15, 0.2) is 18.9 Å². The monoisotopic (exact) mass is 314 g/mol. The number of hydrogen-bond acceptors (Lipinski definition) is 3. The predicted octanol–water partition coefficient (Wildman–Crippen LogP) is 3.32. The van der Waals surface area contributed by atoms with E-state index in [0.29, 0.717) is 0 Å². The molecule has 3 nitrogen and oxygen atoms in total. The summed E-state index contributed by atoms with van der Waals surface area (Å²) in [5.74, 6) is 0.0802. The van der Waals surface area contributed by atoms with E-state index in [1.54, 1.807) is 0 Å². The fourth-order valence-corrected chi connectivity index (χ4v) is 4.10. The molecule has 1 aromatic rings. The van der Waals surface area contributed by atoms with Gasteiger partial charge in [-0.25, -0.2) is 8.42 Å². The second-order valence-electron chi connectivity index (χ2n) is 6.75. The summed E-state index contributed by atoms with van der Waals surface area (Å²) in [5.41, 5.74) is 1.88. The molecule has 0 heterocycles. The molecule has 0 N–H and O–H groups in total. The Bertz CT molecular complexity index is 544. The van der Waals surface area contributed by atoms with E-state index in [9.17, 15) is 8.42 Å². The van der Waals surface area contributed by atoms with Crippen LogP contribution in [0.4, 0.5) is 0 Å². The molecule has 0 radical (unpaired) electrons. The fourth-order valence-electron chi connectivity index (χ4n) is 2.20. The van der Waals surface area contributed by atoms with Gasteiger partial charge in [-0.15, -0.1) is 0 Å². The minimum atomic E-state index is -3.01. The molecule has 0 fully saturated rings. The molecule has 0 saturated heterocycles. The molecule has 1 unspecified atom stereocenters. The van der Waals surface area contributed by atoms with E-state index in [2.05, 4.69) is 33.9 Å². The lowest BCUT2D eigenvalue weighted by atomic mass is 9.84. The standard InChI is InChI=1S/C15H26O3SSi/c1-15(2,3)14(18-20(5)6)13-9-7-8-12(10-13)11-19(4,16)17/h7-10,14,20H,11H2,1-6H3. The van der Waals surface area contributed by atoms with Crippen molar-refractivity contribution >= 4 is 18.9 Å². The van der Waals surface area contributed by atoms with Gasteiger partial charge in [-0.05, 0) is 29.6 Å². The molecule has 1 aromatic carbocycles. The van der Waals surface area contributed by atoms with Crippen molar-refractivity contribution in [2.24, 2.45) is 5.41 Å². The molecule has 0 saturated carbocycles. The molecule has 20 heavy (non-hydrogen) atoms. The maximum atomic E-state index is 11.4. The maximum absolute atomic E-state index is 11.4. The van der Waals surface area contributed by atoms with E-state index in [1.165, 1.54) is 6.26 Å². The van der Waals surface area contributed by atoms with Crippen molar-refractivity contribution in [3.05, 3.63) is 35.4 Å². The van der Waals surface area contributed by atoms with Crippen LogP contribution in [0.3, 0.4) is 0 Å². The van der Waals surface area contributed by atoms with Gasteiger partial charge < -0.3 is 4.43 Å². The zero-order chi connectivity index (χ0) is 15.6. The average molecular weight is 315 g/mol. The van der Waals surface area contributed by atoms with Gasteiger partial charge in [0, 0.05) is 6.26 Å². The number of rotatable bonds is 5. The van der Waals surface area contributed by atoms with Crippen LogP contribution in [-0.2, 0) is 20.0 Å². The van der Waals surface area contributed by atoms with Crippen LogP contribution < -0.4 is 0 Å². The Morgan fingerprint density at radius 2 is 1.85 bits per heavy atom. The molecular formula is C15H26O3SSi. The van der Waals surface area contributed by atoms with Crippen molar-refractivity contribution in [1.82, 2.24) is 0 Å². The fraction of sp³-hybridized carbons (Fsp3) is 0.600. The second kappa shape index (κ2) is 6.41. The zero-order valence-electron chi connectivity index (χ0n) is 13.3. The molecule has 0 bridgehead atoms. The average Bonchev–Trinajstić information content (AvgIpc) is 2.22. The van der Waals surface area contributed by atoms with Gasteiger partial charge in [-0.3, -0.25) is 0 Å². The summed E-state index contributed by atoms with van der Waals surface area (Å²) in [6, 6.07) is 7.77. The van der Waals surface area contributed by atoms with Crippen molar-refractivity contribution in [2.75, 3.05) is 6.26 Å². The van der Waals surface area contributed by atoms with E-state index in [1.807, 2.05) is 24.3 Å². The van der Waals surface area contributed by atoms with Crippen LogP contribution in [0.2, 0.25) is 13.1 Å². The highest BCUT2D eigenvalue weighted by Crippen LogP contribution is 2.36. The SMILES string of the molecule is C[SiH](C)OC(c1cccc(CS(C)(=O)=O)c1)C(C)(C)C. The Kier molecular flexibility index (Phi) is 5.58. The van der Waals surface area contributed by atoms with Crippen LogP contribution in [0.1, 0.15) is 38.0 Å². The van der Waals surface area contributed by atoms with E-state index < -0.39 is 18.9 Å². The van der Waals surface area contributed by atoms with E-state index in [-0.39, 0.29) is 17.3 Å². The van der Waals surface area contributed by atoms with Crippen LogP contribution in [0, 0.1) is 5.41 Å². The molecule has 1 atom stereocenters. The van der Waals surface area contributed by atoms with E-state index in [4.69, 9.17) is 4.43 Å². The Labute approximate surface area is 125 Å². The molecule has 0 spiro atoms. The molecule has 5 heteroatoms. The normalized spacial score (nSPS) is 14.6. The maximum Gasteiger partial charge on any atom is 0.171 e. The molecule has 0 aliphatic carbocycles. The predicted molar refractivity (Wildman–Crippen MR) is 87.1 cm³/mol. The lowest BCUT2D eigenvalue weighted by molar-refractivity contribution is 0.0865. The minimum absolute atomic E-state index is 0.00803. The quantitative estimate of drug-likeness (QED) is 0.783. The first-order valence-electron chi connectivity index (χ1n) is 6.91. The largest absolute Gasteiger partial charge is 0.413 e. The summed E-state index contributed by atoms with van der Waals surface area (Å²) >= 11 is 0. The van der Waals surface area contributed by atoms with E-state index in [0.717, 1.165) is 11.1 Å². The van der Waals surface area contributed by atoms with Gasteiger partial charge >= 0.3 is 0 Å². The first kappa shape index (κ1) is 17.4. The molecule has 0 aromatic heterocycles. The Morgan fingerprint density at radius 3 is 2.30 bits per heavy atom. The third-order valence-corrected chi connectivity index (χ3v) is 4.55. The van der Waals surface area contributed by atoms with Crippen LogP contribution >= 0.6 is 0 Å². The molecule has 0 aliphatic heterocycles. The highest BCUT2D eigenvalue weighted by Gasteiger charge is 2.28. The van der Waals surface area contributed by atoms with Crippen molar-refractivity contribution in [2.45, 2.75) is 45.7 Å². The summed E-state index contributed by atoms with van der Waals surface area (Å²) < 4.78 is 29.0. The summed E-state index contributed by atoms with van der Waals surface area (Å²) in [6.07, 6.45) is 1.27. The van der Waals surface area contributed by atoms with Gasteiger partial charge in [0.1, 0.15) is 0 Å². The lowest BCUT2D eigenvalue weighted by Gasteiger charge is -2.33. The topological polar surface area (TPSA) is 43.4 Å². The van der Waals surface area contributed by atoms with Gasteiger partial charge in [0.05, 0.1) is 11.9 Å². The van der Waals surface area contributed by atoms with Crippen molar-refractivity contribution in [3.63, 3.8) is 0 Å². The highest BCUT2D eigenvalue weighted by molar-refractivity contribution is 7.89. The Hall–Kier alpha value is -0.653. The number of hydrogen-bond donors (Lipinski definition) is 0. The summed E-state index contributed by atoms with van der Waals surface area (Å²) in [7, 11) is -4.18. The first-order valence-corrected chi connectivity index (χ1v) is 11.7.